The number of carbonyl (C=O) groups is 1. The second-order valence-electron chi connectivity index (χ2n) is 4.05. The predicted octanol–water partition coefficient (Wildman–Crippen LogP) is 0.708. The van der Waals surface area contributed by atoms with E-state index in [9.17, 15) is 13.2 Å². The summed E-state index contributed by atoms with van der Waals surface area (Å²) in [7, 11) is -1.53. The molecule has 2 rings (SSSR count). The van der Waals surface area contributed by atoms with Crippen LogP contribution in [0.25, 0.3) is 0 Å². The molecule has 0 saturated carbocycles. The molecule has 1 aliphatic heterocycles. The molecular formula is C11H13NO4S. The number of aromatic nitrogens is 1. The zero-order valence-corrected chi connectivity index (χ0v) is 10.2. The van der Waals surface area contributed by atoms with E-state index in [1.807, 2.05) is 0 Å². The Morgan fingerprint density at radius 2 is 2.24 bits per heavy atom. The Morgan fingerprint density at radius 3 is 2.71 bits per heavy atom. The molecule has 1 aliphatic rings. The molecule has 1 atom stereocenters. The molecular weight excluding hydrogens is 242 g/mol. The molecule has 0 radical (unpaired) electrons. The van der Waals surface area contributed by atoms with E-state index in [0.717, 1.165) is 0 Å². The van der Waals surface area contributed by atoms with Gasteiger partial charge in [0.05, 0.1) is 18.6 Å². The quantitative estimate of drug-likeness (QED) is 0.744. The highest BCUT2D eigenvalue weighted by atomic mass is 32.2. The summed E-state index contributed by atoms with van der Waals surface area (Å²) in [5, 5.41) is 0. The number of hydrogen-bond donors (Lipinski definition) is 0. The van der Waals surface area contributed by atoms with Crippen LogP contribution in [0.4, 0.5) is 0 Å². The van der Waals surface area contributed by atoms with Crippen molar-refractivity contribution in [2.75, 3.05) is 18.6 Å². The maximum Gasteiger partial charge on any atom is 0.212 e. The molecule has 1 saturated heterocycles. The third kappa shape index (κ3) is 2.63. The predicted molar refractivity (Wildman–Crippen MR) is 61.9 cm³/mol. The lowest BCUT2D eigenvalue weighted by Gasteiger charge is -2.06. The van der Waals surface area contributed by atoms with Crippen LogP contribution in [0.15, 0.2) is 18.3 Å². The number of carbonyl (C=O) groups excluding carboxylic acids is 1. The lowest BCUT2D eigenvalue weighted by Crippen LogP contribution is -2.16. The lowest BCUT2D eigenvalue weighted by molar-refractivity contribution is 0.0933. The van der Waals surface area contributed by atoms with Crippen LogP contribution in [0.3, 0.4) is 0 Å². The van der Waals surface area contributed by atoms with Crippen molar-refractivity contribution in [3.63, 3.8) is 0 Å². The van der Waals surface area contributed by atoms with Crippen LogP contribution in [0.1, 0.15) is 16.8 Å². The Balaban J connectivity index is 2.15. The fourth-order valence-electron chi connectivity index (χ4n) is 1.88. The number of nitrogens with zero attached hydrogens (tertiary/aromatic N) is 1. The van der Waals surface area contributed by atoms with Gasteiger partial charge in [0, 0.05) is 23.7 Å². The molecule has 1 unspecified atom stereocenters. The van der Waals surface area contributed by atoms with E-state index in [1.54, 1.807) is 12.1 Å². The Kier molecular flexibility index (Phi) is 3.15. The maximum absolute atomic E-state index is 12.0. The molecule has 0 aliphatic carbocycles. The van der Waals surface area contributed by atoms with Gasteiger partial charge in [0.15, 0.2) is 15.6 Å². The van der Waals surface area contributed by atoms with E-state index >= 15 is 0 Å². The second kappa shape index (κ2) is 4.44. The molecule has 1 aromatic rings. The van der Waals surface area contributed by atoms with Gasteiger partial charge in [-0.2, -0.15) is 0 Å². The summed E-state index contributed by atoms with van der Waals surface area (Å²) in [6, 6.07) is 3.20. The average molecular weight is 255 g/mol. The van der Waals surface area contributed by atoms with Gasteiger partial charge in [-0.15, -0.1) is 0 Å². The topological polar surface area (TPSA) is 73.3 Å². The first-order valence-corrected chi connectivity index (χ1v) is 7.08. The zero-order chi connectivity index (χ0) is 12.5. The molecule has 17 heavy (non-hydrogen) atoms. The van der Waals surface area contributed by atoms with Gasteiger partial charge < -0.3 is 4.74 Å². The molecule has 5 nitrogen and oxygen atoms in total. The van der Waals surface area contributed by atoms with E-state index in [0.29, 0.717) is 17.9 Å². The molecule has 0 bridgehead atoms. The molecule has 92 valence electrons. The van der Waals surface area contributed by atoms with Gasteiger partial charge in [0.2, 0.25) is 5.88 Å². The van der Waals surface area contributed by atoms with Gasteiger partial charge in [-0.05, 0) is 12.5 Å². The molecule has 1 fully saturated rings. The lowest BCUT2D eigenvalue weighted by atomic mass is 9.98. The fourth-order valence-corrected chi connectivity index (χ4v) is 3.63. The van der Waals surface area contributed by atoms with Crippen molar-refractivity contribution in [2.45, 2.75) is 6.42 Å². The van der Waals surface area contributed by atoms with Crippen molar-refractivity contribution >= 4 is 15.6 Å². The standard InChI is InChI=1S/C11H13NO4S/c1-16-10-3-2-8(6-12-10)11(13)9-4-5-17(14,15)7-9/h2-3,6,9H,4-5,7H2,1H3. The maximum atomic E-state index is 12.0. The van der Waals surface area contributed by atoms with E-state index in [4.69, 9.17) is 4.74 Å². The molecule has 2 heterocycles. The highest BCUT2D eigenvalue weighted by Gasteiger charge is 2.33. The molecule has 6 heteroatoms. The van der Waals surface area contributed by atoms with Crippen LogP contribution in [0, 0.1) is 5.92 Å². The summed E-state index contributed by atoms with van der Waals surface area (Å²) >= 11 is 0. The Hall–Kier alpha value is -1.43. The summed E-state index contributed by atoms with van der Waals surface area (Å²) in [5.74, 6) is -0.0813. The minimum Gasteiger partial charge on any atom is -0.481 e. The van der Waals surface area contributed by atoms with Gasteiger partial charge in [-0.25, -0.2) is 13.4 Å². The Bertz CT molecular complexity index is 521. The van der Waals surface area contributed by atoms with Crippen molar-refractivity contribution in [1.29, 1.82) is 0 Å². The summed E-state index contributed by atoms with van der Waals surface area (Å²) in [4.78, 5) is 15.9. The molecule has 1 aromatic heterocycles. The van der Waals surface area contributed by atoms with Crippen molar-refractivity contribution in [2.24, 2.45) is 5.92 Å². The smallest absolute Gasteiger partial charge is 0.212 e. The molecule has 0 spiro atoms. The largest absolute Gasteiger partial charge is 0.481 e. The van der Waals surface area contributed by atoms with Crippen LogP contribution < -0.4 is 4.74 Å². The van der Waals surface area contributed by atoms with Crippen molar-refractivity contribution in [3.05, 3.63) is 23.9 Å². The minimum atomic E-state index is -3.03. The van der Waals surface area contributed by atoms with Crippen molar-refractivity contribution in [1.82, 2.24) is 4.98 Å². The number of hydrogen-bond acceptors (Lipinski definition) is 5. The van der Waals surface area contributed by atoms with Gasteiger partial charge in [0.25, 0.3) is 0 Å². The van der Waals surface area contributed by atoms with Crippen molar-refractivity contribution in [3.8, 4) is 5.88 Å². The summed E-state index contributed by atoms with van der Waals surface area (Å²) < 4.78 is 27.5. The number of sulfone groups is 1. The van der Waals surface area contributed by atoms with Crippen molar-refractivity contribution < 1.29 is 17.9 Å². The van der Waals surface area contributed by atoms with Crippen LogP contribution in [0.5, 0.6) is 5.88 Å². The van der Waals surface area contributed by atoms with Gasteiger partial charge in [-0.1, -0.05) is 0 Å². The van der Waals surface area contributed by atoms with E-state index < -0.39 is 15.8 Å². The van der Waals surface area contributed by atoms with Gasteiger partial charge in [-0.3, -0.25) is 4.79 Å². The Morgan fingerprint density at radius 1 is 1.47 bits per heavy atom. The minimum absolute atomic E-state index is 0.0438. The van der Waals surface area contributed by atoms with Gasteiger partial charge >= 0.3 is 0 Å². The third-order valence-corrected chi connectivity index (χ3v) is 4.60. The summed E-state index contributed by atoms with van der Waals surface area (Å²) in [6.07, 6.45) is 1.83. The number of ketones is 1. The first-order valence-electron chi connectivity index (χ1n) is 5.26. The zero-order valence-electron chi connectivity index (χ0n) is 9.42. The van der Waals surface area contributed by atoms with Crippen LogP contribution in [0.2, 0.25) is 0 Å². The number of pyridine rings is 1. The first kappa shape index (κ1) is 12.0. The fraction of sp³-hybridized carbons (Fsp3) is 0.455. The summed E-state index contributed by atoms with van der Waals surface area (Å²) in [5.41, 5.74) is 0.438. The first-order chi connectivity index (χ1) is 8.02. The normalized spacial score (nSPS) is 22.3. The molecule has 0 N–H and O–H groups in total. The monoisotopic (exact) mass is 255 g/mol. The average Bonchev–Trinajstić information content (AvgIpc) is 2.69. The van der Waals surface area contributed by atoms with E-state index in [-0.39, 0.29) is 17.3 Å². The number of Topliss-reactive ketones (excluding diaryl/α,β-unsaturated/α-hetero) is 1. The van der Waals surface area contributed by atoms with E-state index in [1.165, 1.54) is 13.3 Å². The second-order valence-corrected chi connectivity index (χ2v) is 6.28. The molecule has 0 aromatic carbocycles. The SMILES string of the molecule is COc1ccc(C(=O)C2CCS(=O)(=O)C2)cn1. The van der Waals surface area contributed by atoms with Gasteiger partial charge in [0.1, 0.15) is 0 Å². The highest BCUT2D eigenvalue weighted by Crippen LogP contribution is 2.22. The van der Waals surface area contributed by atoms with E-state index in [2.05, 4.69) is 4.98 Å². The van der Waals surface area contributed by atoms with Crippen LogP contribution >= 0.6 is 0 Å². The third-order valence-electron chi connectivity index (χ3n) is 2.83. The highest BCUT2D eigenvalue weighted by molar-refractivity contribution is 7.91. The Labute approximate surface area is 99.7 Å². The number of rotatable bonds is 3. The number of methoxy groups -OCH3 is 1. The molecule has 0 amide bonds. The number of ether oxygens (including phenoxy) is 1. The van der Waals surface area contributed by atoms with Crippen LogP contribution in [-0.4, -0.2) is 37.8 Å². The summed E-state index contributed by atoms with van der Waals surface area (Å²) in [6.45, 7) is 0. The van der Waals surface area contributed by atoms with Crippen LogP contribution in [-0.2, 0) is 9.84 Å².